The zero-order valence-corrected chi connectivity index (χ0v) is 16.9. The lowest BCUT2D eigenvalue weighted by molar-refractivity contribution is 0.0748. The molecule has 0 spiro atoms. The summed E-state index contributed by atoms with van der Waals surface area (Å²) in [6, 6.07) is 9.84. The first-order chi connectivity index (χ1) is 13.5. The number of thioether (sulfide) groups is 1. The van der Waals surface area contributed by atoms with Gasteiger partial charge in [0.2, 0.25) is 0 Å². The molecule has 2 heterocycles. The smallest absolute Gasteiger partial charge is 0.256 e. The molecule has 0 aliphatic carbocycles. The summed E-state index contributed by atoms with van der Waals surface area (Å²) >= 11 is 1.48. The maximum Gasteiger partial charge on any atom is 0.256 e. The van der Waals surface area contributed by atoms with E-state index in [2.05, 4.69) is 10.1 Å². The monoisotopic (exact) mass is 399 g/mol. The van der Waals surface area contributed by atoms with E-state index in [0.29, 0.717) is 29.4 Å². The van der Waals surface area contributed by atoms with Crippen molar-refractivity contribution < 1.29 is 13.7 Å². The Morgan fingerprint density at radius 1 is 1.25 bits per heavy atom. The van der Waals surface area contributed by atoms with Crippen LogP contribution in [0.5, 0.6) is 0 Å². The van der Waals surface area contributed by atoms with Gasteiger partial charge in [-0.05, 0) is 50.6 Å². The molecule has 0 saturated carbocycles. The molecule has 3 aromatic rings. The van der Waals surface area contributed by atoms with Crippen LogP contribution >= 0.6 is 11.8 Å². The molecule has 28 heavy (non-hydrogen) atoms. The van der Waals surface area contributed by atoms with Crippen molar-refractivity contribution in [3.8, 4) is 0 Å². The number of benzene rings is 1. The van der Waals surface area contributed by atoms with E-state index >= 15 is 0 Å². The lowest BCUT2D eigenvalue weighted by Crippen LogP contribution is -2.30. The Morgan fingerprint density at radius 3 is 2.75 bits per heavy atom. The van der Waals surface area contributed by atoms with Gasteiger partial charge in [-0.3, -0.25) is 4.79 Å². The van der Waals surface area contributed by atoms with Gasteiger partial charge in [-0.1, -0.05) is 17.3 Å². The Kier molecular flexibility index (Phi) is 6.46. The second-order valence-electron chi connectivity index (χ2n) is 6.40. The predicted molar refractivity (Wildman–Crippen MR) is 107 cm³/mol. The number of rotatable bonds is 7. The van der Waals surface area contributed by atoms with E-state index < -0.39 is 0 Å². The van der Waals surface area contributed by atoms with Crippen molar-refractivity contribution >= 4 is 17.7 Å². The van der Waals surface area contributed by atoms with Crippen LogP contribution in [0.2, 0.25) is 0 Å². The third-order valence-corrected chi connectivity index (χ3v) is 5.50. The fourth-order valence-electron chi connectivity index (χ4n) is 2.87. The molecule has 7 heteroatoms. The highest BCUT2D eigenvalue weighted by atomic mass is 32.2. The zero-order chi connectivity index (χ0) is 20.1. The van der Waals surface area contributed by atoms with Crippen LogP contribution in [0.3, 0.4) is 0 Å². The van der Waals surface area contributed by atoms with Crippen molar-refractivity contribution in [2.45, 2.75) is 38.1 Å². The molecule has 0 aliphatic rings. The fourth-order valence-corrected chi connectivity index (χ4v) is 4.01. The molecule has 146 valence electrons. The zero-order valence-electron chi connectivity index (χ0n) is 16.1. The van der Waals surface area contributed by atoms with Crippen molar-refractivity contribution in [3.63, 3.8) is 0 Å². The summed E-state index contributed by atoms with van der Waals surface area (Å²) in [7, 11) is 0. The lowest BCUT2D eigenvalue weighted by atomic mass is 10.2. The summed E-state index contributed by atoms with van der Waals surface area (Å²) in [5.74, 6) is 0.961. The van der Waals surface area contributed by atoms with Crippen LogP contribution < -0.4 is 0 Å². The maximum absolute atomic E-state index is 13.5. The molecule has 0 bridgehead atoms. The molecule has 1 aromatic carbocycles. The number of nitrogens with zero attached hydrogens (tertiary/aromatic N) is 3. The van der Waals surface area contributed by atoms with Crippen molar-refractivity contribution in [1.29, 1.82) is 0 Å². The molecule has 5 nitrogen and oxygen atoms in total. The molecule has 0 aliphatic heterocycles. The van der Waals surface area contributed by atoms with Gasteiger partial charge in [-0.2, -0.15) is 0 Å². The predicted octanol–water partition coefficient (Wildman–Crippen LogP) is 4.78. The molecule has 3 rings (SSSR count). The summed E-state index contributed by atoms with van der Waals surface area (Å²) in [4.78, 5) is 19.2. The Balaban J connectivity index is 1.79. The molecule has 0 radical (unpaired) electrons. The SMILES string of the molecule is CCN(Cc1cccc(F)c1)C(=O)c1cccnc1SCc1c(C)noc1C. The Morgan fingerprint density at radius 2 is 2.07 bits per heavy atom. The summed E-state index contributed by atoms with van der Waals surface area (Å²) in [5.41, 5.74) is 3.15. The van der Waals surface area contributed by atoms with Gasteiger partial charge < -0.3 is 9.42 Å². The van der Waals surface area contributed by atoms with Gasteiger partial charge in [0.05, 0.1) is 11.3 Å². The lowest BCUT2D eigenvalue weighted by Gasteiger charge is -2.22. The van der Waals surface area contributed by atoms with Crippen LogP contribution in [0.1, 0.15) is 39.9 Å². The van der Waals surface area contributed by atoms with Crippen LogP contribution in [0, 0.1) is 19.7 Å². The summed E-state index contributed by atoms with van der Waals surface area (Å²) in [5, 5.41) is 4.62. The second-order valence-corrected chi connectivity index (χ2v) is 7.36. The third kappa shape index (κ3) is 4.59. The van der Waals surface area contributed by atoms with Crippen LogP contribution in [-0.4, -0.2) is 27.5 Å². The quantitative estimate of drug-likeness (QED) is 0.535. The summed E-state index contributed by atoms with van der Waals surface area (Å²) < 4.78 is 18.7. The van der Waals surface area contributed by atoms with E-state index in [1.54, 1.807) is 29.3 Å². The average Bonchev–Trinajstić information content (AvgIpc) is 3.02. The van der Waals surface area contributed by atoms with Crippen LogP contribution in [0.4, 0.5) is 4.39 Å². The van der Waals surface area contributed by atoms with E-state index in [1.807, 2.05) is 26.8 Å². The molecule has 1 amide bonds. The van der Waals surface area contributed by atoms with Gasteiger partial charge in [0.25, 0.3) is 5.91 Å². The van der Waals surface area contributed by atoms with Crippen molar-refractivity contribution in [1.82, 2.24) is 15.0 Å². The number of aryl methyl sites for hydroxylation is 2. The molecule has 0 unspecified atom stereocenters. The number of pyridine rings is 1. The van der Waals surface area contributed by atoms with Crippen molar-refractivity contribution in [3.05, 3.63) is 76.6 Å². The number of aromatic nitrogens is 2. The highest BCUT2D eigenvalue weighted by Gasteiger charge is 2.20. The molecule has 0 fully saturated rings. The summed E-state index contributed by atoms with van der Waals surface area (Å²) in [6.07, 6.45) is 1.68. The van der Waals surface area contributed by atoms with E-state index in [-0.39, 0.29) is 11.7 Å². The van der Waals surface area contributed by atoms with Gasteiger partial charge in [0, 0.05) is 30.6 Å². The minimum Gasteiger partial charge on any atom is -0.361 e. The van der Waals surface area contributed by atoms with Crippen LogP contribution in [0.15, 0.2) is 52.1 Å². The number of halogens is 1. The second kappa shape index (κ2) is 9.01. The fraction of sp³-hybridized carbons (Fsp3) is 0.286. The largest absolute Gasteiger partial charge is 0.361 e. The Bertz CT molecular complexity index is 954. The number of amides is 1. The van der Waals surface area contributed by atoms with Crippen molar-refractivity contribution in [2.24, 2.45) is 0 Å². The van der Waals surface area contributed by atoms with E-state index in [9.17, 15) is 9.18 Å². The van der Waals surface area contributed by atoms with E-state index in [4.69, 9.17) is 4.52 Å². The Hall–Kier alpha value is -2.67. The highest BCUT2D eigenvalue weighted by Crippen LogP contribution is 2.28. The van der Waals surface area contributed by atoms with E-state index in [1.165, 1.54) is 23.9 Å². The molecule has 0 atom stereocenters. The van der Waals surface area contributed by atoms with Gasteiger partial charge in [0.1, 0.15) is 16.6 Å². The van der Waals surface area contributed by atoms with E-state index in [0.717, 1.165) is 22.6 Å². The Labute approximate surface area is 167 Å². The number of hydrogen-bond donors (Lipinski definition) is 0. The highest BCUT2D eigenvalue weighted by molar-refractivity contribution is 7.98. The molecule has 0 saturated heterocycles. The minimum absolute atomic E-state index is 0.124. The molecular formula is C21H22FN3O2S. The van der Waals surface area contributed by atoms with Crippen molar-refractivity contribution in [2.75, 3.05) is 6.54 Å². The van der Waals surface area contributed by atoms with Gasteiger partial charge >= 0.3 is 0 Å². The molecule has 0 N–H and O–H groups in total. The number of carbonyl (C=O) groups is 1. The maximum atomic E-state index is 13.5. The van der Waals surface area contributed by atoms with Gasteiger partial charge in [-0.25, -0.2) is 9.37 Å². The standard InChI is InChI=1S/C21H22FN3O2S/c1-4-25(12-16-7-5-8-17(22)11-16)21(26)18-9-6-10-23-20(18)28-13-19-14(2)24-27-15(19)3/h5-11H,4,12-13H2,1-3H3. The average molecular weight is 399 g/mol. The minimum atomic E-state index is -0.307. The number of carbonyl (C=O) groups excluding carboxylic acids is 1. The van der Waals surface area contributed by atoms with Gasteiger partial charge in [0.15, 0.2) is 0 Å². The van der Waals surface area contributed by atoms with Crippen LogP contribution in [-0.2, 0) is 12.3 Å². The first-order valence-corrected chi connectivity index (χ1v) is 10.0. The first-order valence-electron chi connectivity index (χ1n) is 9.03. The molecular weight excluding hydrogens is 377 g/mol. The normalized spacial score (nSPS) is 10.9. The first kappa shape index (κ1) is 20.1. The third-order valence-electron chi connectivity index (χ3n) is 4.47. The number of hydrogen-bond acceptors (Lipinski definition) is 5. The molecule has 2 aromatic heterocycles. The topological polar surface area (TPSA) is 59.2 Å². The van der Waals surface area contributed by atoms with Crippen LogP contribution in [0.25, 0.3) is 0 Å². The summed E-state index contributed by atoms with van der Waals surface area (Å²) in [6.45, 7) is 6.53. The van der Waals surface area contributed by atoms with Gasteiger partial charge in [-0.15, -0.1) is 11.8 Å².